The zero-order chi connectivity index (χ0) is 12.5. The standard InChI is InChI=1S/C14H17N3O/c1-10-4-2-5-11(8-10)9-13-16-15-12-6-3-7-14(18)17(12)13/h2,4-5,8,14,18H,3,6-7,9H2,1H3. The molecule has 2 aromatic rings. The smallest absolute Gasteiger partial charge is 0.139 e. The van der Waals surface area contributed by atoms with Crippen molar-refractivity contribution in [2.45, 2.75) is 38.8 Å². The second kappa shape index (κ2) is 4.53. The van der Waals surface area contributed by atoms with Gasteiger partial charge in [0.05, 0.1) is 0 Å². The van der Waals surface area contributed by atoms with Gasteiger partial charge >= 0.3 is 0 Å². The van der Waals surface area contributed by atoms with Crippen LogP contribution in [0.2, 0.25) is 0 Å². The summed E-state index contributed by atoms with van der Waals surface area (Å²) in [7, 11) is 0. The number of nitrogens with zero attached hydrogens (tertiary/aromatic N) is 3. The molecule has 0 fully saturated rings. The van der Waals surface area contributed by atoms with E-state index in [0.29, 0.717) is 0 Å². The molecule has 1 N–H and O–H groups in total. The Balaban J connectivity index is 1.92. The molecule has 2 heterocycles. The lowest BCUT2D eigenvalue weighted by Crippen LogP contribution is -2.19. The van der Waals surface area contributed by atoms with Gasteiger partial charge in [0.1, 0.15) is 17.9 Å². The topological polar surface area (TPSA) is 50.9 Å². The Labute approximate surface area is 106 Å². The Morgan fingerprint density at radius 1 is 1.39 bits per heavy atom. The Bertz CT molecular complexity index is 562. The molecule has 0 saturated heterocycles. The number of aryl methyl sites for hydroxylation is 2. The Kier molecular flexibility index (Phi) is 2.88. The molecule has 3 rings (SSSR count). The van der Waals surface area contributed by atoms with Gasteiger partial charge in [-0.1, -0.05) is 29.8 Å². The van der Waals surface area contributed by atoms with Crippen molar-refractivity contribution >= 4 is 0 Å². The largest absolute Gasteiger partial charge is 0.373 e. The first-order valence-corrected chi connectivity index (χ1v) is 6.40. The zero-order valence-electron chi connectivity index (χ0n) is 10.5. The maximum Gasteiger partial charge on any atom is 0.139 e. The molecule has 0 bridgehead atoms. The second-order valence-corrected chi connectivity index (χ2v) is 4.94. The van der Waals surface area contributed by atoms with E-state index in [1.165, 1.54) is 11.1 Å². The number of rotatable bonds is 2. The highest BCUT2D eigenvalue weighted by molar-refractivity contribution is 5.25. The predicted octanol–water partition coefficient (Wildman–Crippen LogP) is 2.00. The molecule has 18 heavy (non-hydrogen) atoms. The van der Waals surface area contributed by atoms with Gasteiger partial charge in [-0.2, -0.15) is 0 Å². The quantitative estimate of drug-likeness (QED) is 0.877. The maximum absolute atomic E-state index is 10.0. The van der Waals surface area contributed by atoms with Crippen LogP contribution in [0.15, 0.2) is 24.3 Å². The average molecular weight is 243 g/mol. The van der Waals surface area contributed by atoms with Crippen molar-refractivity contribution in [1.82, 2.24) is 14.8 Å². The van der Waals surface area contributed by atoms with E-state index in [1.54, 1.807) is 0 Å². The van der Waals surface area contributed by atoms with E-state index in [1.807, 2.05) is 4.57 Å². The minimum absolute atomic E-state index is 0.455. The van der Waals surface area contributed by atoms with E-state index in [0.717, 1.165) is 37.3 Å². The lowest BCUT2D eigenvalue weighted by molar-refractivity contribution is 0.0753. The first kappa shape index (κ1) is 11.4. The third-order valence-electron chi connectivity index (χ3n) is 3.44. The fourth-order valence-electron chi connectivity index (χ4n) is 2.57. The number of benzene rings is 1. The molecule has 1 aromatic heterocycles. The van der Waals surface area contributed by atoms with Crippen molar-refractivity contribution in [3.63, 3.8) is 0 Å². The summed E-state index contributed by atoms with van der Waals surface area (Å²) in [6, 6.07) is 8.37. The fourth-order valence-corrected chi connectivity index (χ4v) is 2.57. The van der Waals surface area contributed by atoms with Gasteiger partial charge in [0.15, 0.2) is 0 Å². The average Bonchev–Trinajstić information content (AvgIpc) is 2.74. The molecule has 1 aliphatic heterocycles. The zero-order valence-corrected chi connectivity index (χ0v) is 10.5. The van der Waals surface area contributed by atoms with Gasteiger partial charge < -0.3 is 5.11 Å². The maximum atomic E-state index is 10.0. The van der Waals surface area contributed by atoms with Gasteiger partial charge in [0, 0.05) is 12.8 Å². The van der Waals surface area contributed by atoms with Crippen LogP contribution in [0.4, 0.5) is 0 Å². The summed E-state index contributed by atoms with van der Waals surface area (Å²) in [6.45, 7) is 2.08. The molecule has 1 atom stereocenters. The van der Waals surface area contributed by atoms with Crippen molar-refractivity contribution in [2.75, 3.05) is 0 Å². The minimum Gasteiger partial charge on any atom is -0.373 e. The first-order valence-electron chi connectivity index (χ1n) is 6.40. The van der Waals surface area contributed by atoms with Crippen LogP contribution < -0.4 is 0 Å². The van der Waals surface area contributed by atoms with Crippen molar-refractivity contribution in [3.8, 4) is 0 Å². The summed E-state index contributed by atoms with van der Waals surface area (Å²) in [4.78, 5) is 0. The predicted molar refractivity (Wildman–Crippen MR) is 68.2 cm³/mol. The lowest BCUT2D eigenvalue weighted by Gasteiger charge is -2.21. The molecular weight excluding hydrogens is 226 g/mol. The van der Waals surface area contributed by atoms with E-state index in [9.17, 15) is 5.11 Å². The van der Waals surface area contributed by atoms with Gasteiger partial charge in [-0.15, -0.1) is 10.2 Å². The number of aromatic nitrogens is 3. The molecule has 4 nitrogen and oxygen atoms in total. The van der Waals surface area contributed by atoms with Crippen LogP contribution in [0.3, 0.4) is 0 Å². The second-order valence-electron chi connectivity index (χ2n) is 4.94. The van der Waals surface area contributed by atoms with Crippen molar-refractivity contribution in [1.29, 1.82) is 0 Å². The highest BCUT2D eigenvalue weighted by Crippen LogP contribution is 2.24. The van der Waals surface area contributed by atoms with E-state index in [4.69, 9.17) is 0 Å². The molecule has 0 spiro atoms. The van der Waals surface area contributed by atoms with Crippen LogP contribution >= 0.6 is 0 Å². The summed E-state index contributed by atoms with van der Waals surface area (Å²) >= 11 is 0. The van der Waals surface area contributed by atoms with Gasteiger partial charge in [-0.3, -0.25) is 4.57 Å². The molecular formula is C14H17N3O. The van der Waals surface area contributed by atoms with Crippen molar-refractivity contribution in [2.24, 2.45) is 0 Å². The van der Waals surface area contributed by atoms with Crippen LogP contribution in [0.1, 0.15) is 41.8 Å². The molecule has 1 unspecified atom stereocenters. The lowest BCUT2D eigenvalue weighted by atomic mass is 10.1. The molecule has 0 amide bonds. The number of hydrogen-bond acceptors (Lipinski definition) is 3. The Morgan fingerprint density at radius 3 is 3.11 bits per heavy atom. The van der Waals surface area contributed by atoms with Crippen LogP contribution in [0.25, 0.3) is 0 Å². The molecule has 1 aliphatic rings. The number of hydrogen-bond donors (Lipinski definition) is 1. The molecule has 0 aliphatic carbocycles. The van der Waals surface area contributed by atoms with Crippen LogP contribution in [0, 0.1) is 6.92 Å². The van der Waals surface area contributed by atoms with E-state index >= 15 is 0 Å². The molecule has 94 valence electrons. The summed E-state index contributed by atoms with van der Waals surface area (Å²) in [6.07, 6.45) is 2.97. The van der Waals surface area contributed by atoms with Crippen LogP contribution in [0.5, 0.6) is 0 Å². The van der Waals surface area contributed by atoms with E-state index in [2.05, 4.69) is 41.4 Å². The third-order valence-corrected chi connectivity index (χ3v) is 3.44. The van der Waals surface area contributed by atoms with Gasteiger partial charge in [0.25, 0.3) is 0 Å². The monoisotopic (exact) mass is 243 g/mol. The Morgan fingerprint density at radius 2 is 2.28 bits per heavy atom. The van der Waals surface area contributed by atoms with Crippen molar-refractivity contribution < 1.29 is 5.11 Å². The summed E-state index contributed by atoms with van der Waals surface area (Å²) in [5.41, 5.74) is 2.45. The number of aliphatic hydroxyl groups is 1. The molecule has 0 saturated carbocycles. The normalized spacial score (nSPS) is 18.7. The third kappa shape index (κ3) is 2.04. The fraction of sp³-hybridized carbons (Fsp3) is 0.429. The highest BCUT2D eigenvalue weighted by atomic mass is 16.3. The minimum atomic E-state index is -0.455. The summed E-state index contributed by atoms with van der Waals surface area (Å²) in [5, 5.41) is 18.5. The number of fused-ring (bicyclic) bond motifs is 1. The van der Waals surface area contributed by atoms with Crippen LogP contribution in [-0.4, -0.2) is 19.9 Å². The SMILES string of the molecule is Cc1cccc(Cc2nnc3n2C(O)CCC3)c1. The van der Waals surface area contributed by atoms with Gasteiger partial charge in [-0.05, 0) is 25.3 Å². The van der Waals surface area contributed by atoms with E-state index in [-0.39, 0.29) is 0 Å². The molecule has 0 radical (unpaired) electrons. The Hall–Kier alpha value is -1.68. The molecule has 1 aromatic carbocycles. The van der Waals surface area contributed by atoms with Crippen molar-refractivity contribution in [3.05, 3.63) is 47.0 Å². The number of aliphatic hydroxyl groups excluding tert-OH is 1. The van der Waals surface area contributed by atoms with Gasteiger partial charge in [0.2, 0.25) is 0 Å². The van der Waals surface area contributed by atoms with Gasteiger partial charge in [-0.25, -0.2) is 0 Å². The first-order chi connectivity index (χ1) is 8.74. The molecule has 4 heteroatoms. The summed E-state index contributed by atoms with van der Waals surface area (Å²) in [5.74, 6) is 1.78. The van der Waals surface area contributed by atoms with E-state index < -0.39 is 6.23 Å². The van der Waals surface area contributed by atoms with Crippen LogP contribution in [-0.2, 0) is 12.8 Å². The summed E-state index contributed by atoms with van der Waals surface area (Å²) < 4.78 is 1.89. The highest BCUT2D eigenvalue weighted by Gasteiger charge is 2.22.